The van der Waals surface area contributed by atoms with Crippen LogP contribution in [-0.4, -0.2) is 24.5 Å². The molecule has 0 amide bonds. The summed E-state index contributed by atoms with van der Waals surface area (Å²) in [4.78, 5) is 23.9. The lowest BCUT2D eigenvalue weighted by atomic mass is 10.1. The lowest BCUT2D eigenvalue weighted by Crippen LogP contribution is -2.25. The molecule has 0 fully saturated rings. The number of carboxylic acid groups (broad SMARTS) is 1. The molecule has 2 aromatic rings. The largest absolute Gasteiger partial charge is 0.478 e. The third kappa shape index (κ3) is 4.52. The van der Waals surface area contributed by atoms with Gasteiger partial charge in [-0.2, -0.15) is 0 Å². The zero-order valence-electron chi connectivity index (χ0n) is 10.7. The van der Waals surface area contributed by atoms with Crippen LogP contribution in [0.2, 0.25) is 0 Å². The molecule has 0 bridgehead atoms. The van der Waals surface area contributed by atoms with Crippen molar-refractivity contribution in [1.29, 1.82) is 0 Å². The van der Waals surface area contributed by atoms with Crippen molar-refractivity contribution in [3.05, 3.63) is 56.1 Å². The van der Waals surface area contributed by atoms with Gasteiger partial charge in [0.05, 0.1) is 17.9 Å². The number of sulfonamides is 1. The Morgan fingerprint density at radius 3 is 2.48 bits per heavy atom. The average Bonchev–Trinajstić information content (AvgIpc) is 2.83. The standard InChI is InChI=1S/C12H12N2O5S2/c15-11(16)9-3-1-8(2-4-9)7-21(18,19)13-5-10-6-20-12(17)14-10/h1-4,6,13H,5,7H2,(H,14,17)(H,15,16). The van der Waals surface area contributed by atoms with E-state index in [9.17, 15) is 18.0 Å². The molecular formula is C12H12N2O5S2. The van der Waals surface area contributed by atoms with Gasteiger partial charge in [0, 0.05) is 11.1 Å². The zero-order valence-corrected chi connectivity index (χ0v) is 12.3. The number of aromatic amines is 1. The summed E-state index contributed by atoms with van der Waals surface area (Å²) in [6, 6.07) is 5.61. The third-order valence-electron chi connectivity index (χ3n) is 2.61. The second-order valence-corrected chi connectivity index (χ2v) is 6.90. The molecule has 1 aromatic carbocycles. The number of thiazole rings is 1. The smallest absolute Gasteiger partial charge is 0.335 e. The number of H-pyrrole nitrogens is 1. The second-order valence-electron chi connectivity index (χ2n) is 4.26. The molecule has 0 aliphatic rings. The SMILES string of the molecule is O=C(O)c1ccc(CS(=O)(=O)NCc2csc(=O)[nH]2)cc1. The number of hydrogen-bond donors (Lipinski definition) is 3. The Hall–Kier alpha value is -1.97. The molecule has 1 heterocycles. The second kappa shape index (κ2) is 6.20. The number of aromatic nitrogens is 1. The minimum Gasteiger partial charge on any atom is -0.478 e. The van der Waals surface area contributed by atoms with Gasteiger partial charge in [-0.05, 0) is 17.7 Å². The fraction of sp³-hybridized carbons (Fsp3) is 0.167. The maximum absolute atomic E-state index is 11.9. The first-order chi connectivity index (χ1) is 9.85. The van der Waals surface area contributed by atoms with E-state index in [0.29, 0.717) is 11.3 Å². The Kier molecular flexibility index (Phi) is 4.56. The first kappa shape index (κ1) is 15.4. The van der Waals surface area contributed by atoms with E-state index in [2.05, 4.69) is 9.71 Å². The normalized spacial score (nSPS) is 11.4. The molecular weight excluding hydrogens is 316 g/mol. The molecule has 21 heavy (non-hydrogen) atoms. The summed E-state index contributed by atoms with van der Waals surface area (Å²) in [5.74, 6) is -1.33. The van der Waals surface area contributed by atoms with Gasteiger partial charge in [-0.25, -0.2) is 17.9 Å². The molecule has 7 nitrogen and oxygen atoms in total. The molecule has 0 spiro atoms. The van der Waals surface area contributed by atoms with Gasteiger partial charge < -0.3 is 10.1 Å². The third-order valence-corrected chi connectivity index (χ3v) is 4.63. The maximum Gasteiger partial charge on any atom is 0.335 e. The van der Waals surface area contributed by atoms with Crippen LogP contribution in [0.3, 0.4) is 0 Å². The molecule has 0 saturated heterocycles. The van der Waals surface area contributed by atoms with E-state index in [1.165, 1.54) is 24.3 Å². The van der Waals surface area contributed by atoms with E-state index in [4.69, 9.17) is 5.11 Å². The van der Waals surface area contributed by atoms with Crippen molar-refractivity contribution >= 4 is 27.3 Å². The van der Waals surface area contributed by atoms with E-state index in [0.717, 1.165) is 11.3 Å². The van der Waals surface area contributed by atoms with Gasteiger partial charge >= 0.3 is 10.8 Å². The monoisotopic (exact) mass is 328 g/mol. The van der Waals surface area contributed by atoms with E-state index in [1.807, 2.05) is 0 Å². The Morgan fingerprint density at radius 2 is 1.95 bits per heavy atom. The van der Waals surface area contributed by atoms with Gasteiger partial charge in [-0.15, -0.1) is 0 Å². The van der Waals surface area contributed by atoms with Gasteiger partial charge in [0.15, 0.2) is 0 Å². The summed E-state index contributed by atoms with van der Waals surface area (Å²) in [7, 11) is -3.57. The van der Waals surface area contributed by atoms with Crippen molar-refractivity contribution in [2.75, 3.05) is 0 Å². The summed E-state index contributed by atoms with van der Waals surface area (Å²) >= 11 is 0.962. The van der Waals surface area contributed by atoms with Crippen molar-refractivity contribution in [1.82, 2.24) is 9.71 Å². The van der Waals surface area contributed by atoms with E-state index >= 15 is 0 Å². The fourth-order valence-corrected chi connectivity index (χ4v) is 3.29. The van der Waals surface area contributed by atoms with Crippen molar-refractivity contribution < 1.29 is 18.3 Å². The first-order valence-electron chi connectivity index (χ1n) is 5.82. The number of carbonyl (C=O) groups is 1. The number of rotatable bonds is 6. The number of carboxylic acids is 1. The predicted molar refractivity (Wildman–Crippen MR) is 77.8 cm³/mol. The van der Waals surface area contributed by atoms with Crippen LogP contribution >= 0.6 is 11.3 Å². The molecule has 0 aliphatic heterocycles. The number of hydrogen-bond acceptors (Lipinski definition) is 5. The van der Waals surface area contributed by atoms with Gasteiger partial charge in [0.1, 0.15) is 0 Å². The summed E-state index contributed by atoms with van der Waals surface area (Å²) in [5, 5.41) is 10.3. The van der Waals surface area contributed by atoms with E-state index < -0.39 is 16.0 Å². The van der Waals surface area contributed by atoms with Crippen LogP contribution in [0.5, 0.6) is 0 Å². The predicted octanol–water partition coefficient (Wildman–Crippen LogP) is 0.754. The number of aromatic carboxylic acids is 1. The van der Waals surface area contributed by atoms with Gasteiger partial charge in [-0.1, -0.05) is 23.5 Å². The molecule has 0 saturated carbocycles. The van der Waals surface area contributed by atoms with Crippen LogP contribution in [0.25, 0.3) is 0 Å². The molecule has 3 N–H and O–H groups in total. The van der Waals surface area contributed by atoms with Crippen LogP contribution in [-0.2, 0) is 22.3 Å². The van der Waals surface area contributed by atoms with Crippen molar-refractivity contribution in [3.8, 4) is 0 Å². The van der Waals surface area contributed by atoms with Gasteiger partial charge in [0.2, 0.25) is 10.0 Å². The average molecular weight is 328 g/mol. The fourth-order valence-electron chi connectivity index (χ4n) is 1.60. The van der Waals surface area contributed by atoms with Crippen LogP contribution in [0.4, 0.5) is 0 Å². The molecule has 2 rings (SSSR count). The van der Waals surface area contributed by atoms with Crippen molar-refractivity contribution in [2.24, 2.45) is 0 Å². The topological polar surface area (TPSA) is 116 Å². The molecule has 112 valence electrons. The minimum absolute atomic E-state index is 0.00822. The lowest BCUT2D eigenvalue weighted by molar-refractivity contribution is 0.0697. The van der Waals surface area contributed by atoms with Crippen LogP contribution < -0.4 is 9.60 Å². The molecule has 0 atom stereocenters. The first-order valence-corrected chi connectivity index (χ1v) is 8.35. The summed E-state index contributed by atoms with van der Waals surface area (Å²) in [6.07, 6.45) is 0. The summed E-state index contributed by atoms with van der Waals surface area (Å²) in [5.41, 5.74) is 1.07. The highest BCUT2D eigenvalue weighted by Gasteiger charge is 2.12. The number of nitrogens with one attached hydrogen (secondary N) is 2. The molecule has 0 unspecified atom stereocenters. The van der Waals surface area contributed by atoms with E-state index in [-0.39, 0.29) is 22.7 Å². The van der Waals surface area contributed by atoms with Gasteiger partial charge in [-0.3, -0.25) is 4.79 Å². The van der Waals surface area contributed by atoms with Crippen molar-refractivity contribution in [2.45, 2.75) is 12.3 Å². The Balaban J connectivity index is 2.00. The van der Waals surface area contributed by atoms with Crippen LogP contribution in [0.1, 0.15) is 21.6 Å². The molecule has 1 aromatic heterocycles. The Bertz CT molecular complexity index is 790. The van der Waals surface area contributed by atoms with Crippen molar-refractivity contribution in [3.63, 3.8) is 0 Å². The minimum atomic E-state index is -3.57. The molecule has 0 radical (unpaired) electrons. The van der Waals surface area contributed by atoms with E-state index in [1.54, 1.807) is 5.38 Å². The highest BCUT2D eigenvalue weighted by atomic mass is 32.2. The molecule has 0 aliphatic carbocycles. The van der Waals surface area contributed by atoms with Crippen LogP contribution in [0.15, 0.2) is 34.4 Å². The highest BCUT2D eigenvalue weighted by Crippen LogP contribution is 2.08. The van der Waals surface area contributed by atoms with Gasteiger partial charge in [0.25, 0.3) is 0 Å². The Morgan fingerprint density at radius 1 is 1.29 bits per heavy atom. The quantitative estimate of drug-likeness (QED) is 0.723. The maximum atomic E-state index is 11.9. The summed E-state index contributed by atoms with van der Waals surface area (Å²) in [6.45, 7) is 0.00822. The van der Waals surface area contributed by atoms with Crippen LogP contribution in [0, 0.1) is 0 Å². The lowest BCUT2D eigenvalue weighted by Gasteiger charge is -2.06. The highest BCUT2D eigenvalue weighted by molar-refractivity contribution is 7.88. The summed E-state index contributed by atoms with van der Waals surface area (Å²) < 4.78 is 26.1. The molecule has 9 heteroatoms. The Labute approximate surface area is 124 Å². The number of benzene rings is 1. The zero-order chi connectivity index (χ0) is 15.5.